The average Bonchev–Trinajstić information content (AvgIpc) is 3.55. The van der Waals surface area contributed by atoms with Gasteiger partial charge in [0.05, 0.1) is 11.3 Å². The van der Waals surface area contributed by atoms with Gasteiger partial charge < -0.3 is 14.4 Å². The zero-order valence-electron chi connectivity index (χ0n) is 31.8. The fourth-order valence-corrected chi connectivity index (χ4v) is 7.65. The van der Waals surface area contributed by atoms with Crippen molar-refractivity contribution in [1.29, 1.82) is 0 Å². The summed E-state index contributed by atoms with van der Waals surface area (Å²) in [6.45, 7) is 13.0. The summed E-state index contributed by atoms with van der Waals surface area (Å²) < 4.78 is 6.48. The summed E-state index contributed by atoms with van der Waals surface area (Å²) in [5.74, 6) is 1.30. The van der Waals surface area contributed by atoms with E-state index in [9.17, 15) is 0 Å². The van der Waals surface area contributed by atoms with Crippen LogP contribution in [-0.2, 0) is 31.9 Å². The maximum absolute atomic E-state index is 6.48. The SMILES string of the molecule is Cc1cc2oc3c(-c4cc(C(C)C)ccn4)[c-]ccc3c2c(C(C)(C)c2ccccc2)n1.Cc1cnc(-c2[c-]cccc2)cc1CC1CCCCC1.[Ir]. The van der Waals surface area contributed by atoms with E-state index in [-0.39, 0.29) is 25.5 Å². The van der Waals surface area contributed by atoms with E-state index in [4.69, 9.17) is 9.40 Å². The van der Waals surface area contributed by atoms with Gasteiger partial charge >= 0.3 is 0 Å². The molecule has 3 aromatic carbocycles. The molecule has 1 fully saturated rings. The number of aryl methyl sites for hydroxylation is 2. The van der Waals surface area contributed by atoms with E-state index in [1.807, 2.05) is 55.7 Å². The molecule has 7 aromatic rings. The molecule has 0 bridgehead atoms. The Morgan fingerprint density at radius 3 is 2.34 bits per heavy atom. The molecular weight excluding hydrogens is 827 g/mol. The van der Waals surface area contributed by atoms with Crippen molar-refractivity contribution in [2.24, 2.45) is 5.92 Å². The third-order valence-electron chi connectivity index (χ3n) is 10.8. The number of furan rings is 1. The summed E-state index contributed by atoms with van der Waals surface area (Å²) in [7, 11) is 0. The first kappa shape index (κ1) is 38.3. The van der Waals surface area contributed by atoms with Gasteiger partial charge in [-0.05, 0) is 60.7 Å². The summed E-state index contributed by atoms with van der Waals surface area (Å²) in [5, 5.41) is 2.12. The van der Waals surface area contributed by atoms with Gasteiger partial charge in [-0.1, -0.05) is 124 Å². The Morgan fingerprint density at radius 2 is 1.60 bits per heavy atom. The van der Waals surface area contributed by atoms with Gasteiger partial charge in [-0.25, -0.2) is 0 Å². The fourth-order valence-electron chi connectivity index (χ4n) is 7.65. The number of hydrogen-bond donors (Lipinski definition) is 0. The molecule has 0 atom stereocenters. The number of rotatable bonds is 7. The molecule has 53 heavy (non-hydrogen) atoms. The summed E-state index contributed by atoms with van der Waals surface area (Å²) in [6, 6.07) is 37.9. The molecular formula is C48H49IrN3O-2. The van der Waals surface area contributed by atoms with Gasteiger partial charge in [-0.2, -0.15) is 0 Å². The van der Waals surface area contributed by atoms with Crippen LogP contribution in [-0.4, -0.2) is 15.0 Å². The Labute approximate surface area is 328 Å². The zero-order chi connectivity index (χ0) is 36.2. The quantitative estimate of drug-likeness (QED) is 0.150. The molecule has 0 amide bonds. The normalized spacial score (nSPS) is 13.5. The van der Waals surface area contributed by atoms with E-state index in [0.717, 1.165) is 61.8 Å². The first-order chi connectivity index (χ1) is 25.2. The van der Waals surface area contributed by atoms with Crippen LogP contribution in [0.1, 0.15) is 99.4 Å². The number of benzene rings is 3. The summed E-state index contributed by atoms with van der Waals surface area (Å²) in [5.41, 5.74) is 12.6. The first-order valence-corrected chi connectivity index (χ1v) is 18.9. The van der Waals surface area contributed by atoms with Crippen LogP contribution in [0.25, 0.3) is 44.5 Å². The third kappa shape index (κ3) is 8.38. The molecule has 0 unspecified atom stereocenters. The van der Waals surface area contributed by atoms with E-state index >= 15 is 0 Å². The monoisotopic (exact) mass is 876 g/mol. The molecule has 1 aliphatic carbocycles. The number of fused-ring (bicyclic) bond motifs is 3. The standard InChI is InChI=1S/C29H27N2O.C19H22N.Ir/c1-18(2)20-14-15-30-24(17-20)22-12-9-13-23-26-25(32-27(22)23)16-19(3)31-28(26)29(4,5)21-10-7-6-8-11-21;1-15-14-20-19(17-10-6-3-7-11-17)13-18(15)12-16-8-4-2-5-9-16;/h6-11,13-18H,1-5H3;3,6-7,10,13-14,16H,2,4-5,8-9,12H2,1H3;/q2*-1;. The van der Waals surface area contributed by atoms with Crippen molar-refractivity contribution >= 4 is 21.9 Å². The Balaban J connectivity index is 0.000000197. The van der Waals surface area contributed by atoms with Gasteiger partial charge in [0.1, 0.15) is 5.58 Å². The predicted octanol–water partition coefficient (Wildman–Crippen LogP) is 12.6. The van der Waals surface area contributed by atoms with Gasteiger partial charge in [0.25, 0.3) is 0 Å². The molecule has 4 heterocycles. The molecule has 273 valence electrons. The van der Waals surface area contributed by atoms with Crippen LogP contribution in [0.15, 0.2) is 108 Å². The van der Waals surface area contributed by atoms with E-state index in [2.05, 4.69) is 111 Å². The number of nitrogens with zero attached hydrogens (tertiary/aromatic N) is 3. The second kappa shape index (κ2) is 16.7. The summed E-state index contributed by atoms with van der Waals surface area (Å²) in [4.78, 5) is 14.2. The van der Waals surface area contributed by atoms with Crippen molar-refractivity contribution in [2.75, 3.05) is 0 Å². The van der Waals surface area contributed by atoms with Gasteiger partial charge in [-0.3, -0.25) is 4.98 Å². The van der Waals surface area contributed by atoms with Crippen LogP contribution in [0.5, 0.6) is 0 Å². The number of aromatic nitrogens is 3. The van der Waals surface area contributed by atoms with E-state index in [1.165, 1.54) is 60.8 Å². The molecule has 0 saturated heterocycles. The minimum Gasteiger partial charge on any atom is -0.500 e. The van der Waals surface area contributed by atoms with Gasteiger partial charge in [0, 0.05) is 55.1 Å². The molecule has 4 nitrogen and oxygen atoms in total. The molecule has 1 radical (unpaired) electrons. The van der Waals surface area contributed by atoms with Crippen molar-refractivity contribution in [3.05, 3.63) is 149 Å². The van der Waals surface area contributed by atoms with Crippen LogP contribution in [0.3, 0.4) is 0 Å². The molecule has 4 aromatic heterocycles. The molecule has 1 saturated carbocycles. The third-order valence-corrected chi connectivity index (χ3v) is 10.8. The molecule has 0 aliphatic heterocycles. The van der Waals surface area contributed by atoms with E-state index in [1.54, 1.807) is 0 Å². The van der Waals surface area contributed by atoms with E-state index in [0.29, 0.717) is 5.92 Å². The van der Waals surface area contributed by atoms with Crippen molar-refractivity contribution in [3.63, 3.8) is 0 Å². The van der Waals surface area contributed by atoms with Crippen molar-refractivity contribution in [2.45, 2.75) is 91.4 Å². The average molecular weight is 876 g/mol. The topological polar surface area (TPSA) is 51.8 Å². The van der Waals surface area contributed by atoms with Gasteiger partial charge in [0.15, 0.2) is 0 Å². The molecule has 8 rings (SSSR count). The van der Waals surface area contributed by atoms with Crippen molar-refractivity contribution in [1.82, 2.24) is 15.0 Å². The largest absolute Gasteiger partial charge is 0.500 e. The Morgan fingerprint density at radius 1 is 0.830 bits per heavy atom. The van der Waals surface area contributed by atoms with Crippen LogP contribution < -0.4 is 0 Å². The Bertz CT molecular complexity index is 2290. The van der Waals surface area contributed by atoms with Gasteiger partial charge in [0.2, 0.25) is 0 Å². The first-order valence-electron chi connectivity index (χ1n) is 18.9. The molecule has 1 aliphatic rings. The maximum Gasteiger partial charge on any atom is 0.124 e. The summed E-state index contributed by atoms with van der Waals surface area (Å²) >= 11 is 0. The molecule has 0 spiro atoms. The van der Waals surface area contributed by atoms with Crippen LogP contribution in [0.2, 0.25) is 0 Å². The second-order valence-corrected chi connectivity index (χ2v) is 15.3. The van der Waals surface area contributed by atoms with Crippen molar-refractivity contribution < 1.29 is 24.5 Å². The zero-order valence-corrected chi connectivity index (χ0v) is 34.2. The van der Waals surface area contributed by atoms with Crippen molar-refractivity contribution in [3.8, 4) is 22.5 Å². The fraction of sp³-hybridized carbons (Fsp3) is 0.312. The maximum atomic E-state index is 6.48. The Hall–Kier alpha value is -4.44. The minimum absolute atomic E-state index is 0. The minimum atomic E-state index is -0.280. The van der Waals surface area contributed by atoms with Crippen LogP contribution in [0, 0.1) is 31.9 Å². The van der Waals surface area contributed by atoms with Crippen LogP contribution >= 0.6 is 0 Å². The van der Waals surface area contributed by atoms with Gasteiger partial charge in [-0.15, -0.1) is 54.1 Å². The Kier molecular flexibility index (Phi) is 12.1. The number of pyridine rings is 3. The number of hydrogen-bond acceptors (Lipinski definition) is 4. The predicted molar refractivity (Wildman–Crippen MR) is 215 cm³/mol. The second-order valence-electron chi connectivity index (χ2n) is 15.3. The molecule has 5 heteroatoms. The molecule has 0 N–H and O–H groups in total. The van der Waals surface area contributed by atoms with Crippen LogP contribution in [0.4, 0.5) is 0 Å². The van der Waals surface area contributed by atoms with E-state index < -0.39 is 0 Å². The smallest absolute Gasteiger partial charge is 0.124 e. The summed E-state index contributed by atoms with van der Waals surface area (Å²) in [6.07, 6.45) is 12.2.